The molecule has 0 spiro atoms. The number of nitrogens with one attached hydrogen (secondary N) is 3. The van der Waals surface area contributed by atoms with E-state index in [1.54, 1.807) is 46.7 Å². The van der Waals surface area contributed by atoms with Gasteiger partial charge in [-0.15, -0.1) is 0 Å². The summed E-state index contributed by atoms with van der Waals surface area (Å²) in [5.41, 5.74) is 5.63. The largest absolute Gasteiger partial charge is 0.497 e. The van der Waals surface area contributed by atoms with Crippen LogP contribution < -0.4 is 20.7 Å². The van der Waals surface area contributed by atoms with Crippen LogP contribution in [0.4, 0.5) is 9.59 Å². The van der Waals surface area contributed by atoms with Gasteiger partial charge in [-0.05, 0) is 60.1 Å². The van der Waals surface area contributed by atoms with E-state index in [4.69, 9.17) is 18.9 Å². The van der Waals surface area contributed by atoms with Gasteiger partial charge in [0.15, 0.2) is 0 Å². The van der Waals surface area contributed by atoms with Crippen LogP contribution in [0.15, 0.2) is 66.7 Å². The Morgan fingerprint density at radius 1 is 0.794 bits per heavy atom. The number of ether oxygens (including phenoxy) is 4. The molecule has 4 N–H and O–H groups in total. The van der Waals surface area contributed by atoms with Crippen molar-refractivity contribution in [2.45, 2.75) is 57.0 Å². The smallest absolute Gasteiger partial charge is 0.407 e. The predicted molar refractivity (Wildman–Crippen MR) is 253 cm³/mol. The Labute approximate surface area is 396 Å². The average Bonchev–Trinajstić information content (AvgIpc) is 3.85. The Morgan fingerprint density at radius 2 is 1.40 bits per heavy atom. The normalized spacial score (nSPS) is 15.8. The van der Waals surface area contributed by atoms with E-state index in [1.165, 1.54) is 14.0 Å². The second kappa shape index (κ2) is 22.9. The van der Waals surface area contributed by atoms with Gasteiger partial charge in [-0.25, -0.2) is 9.59 Å². The lowest BCUT2D eigenvalue weighted by molar-refractivity contribution is -0.140. The molecule has 1 aliphatic heterocycles. The molecule has 0 unspecified atom stereocenters. The first-order chi connectivity index (χ1) is 32.9. The monoisotopic (exact) mass is 937 g/mol. The number of aryl methyl sites for hydroxylation is 1. The summed E-state index contributed by atoms with van der Waals surface area (Å²) in [5, 5.41) is 18.5. The molecular formula is C50H63N7O11. The summed E-state index contributed by atoms with van der Waals surface area (Å²) in [6, 6.07) is 19.8. The van der Waals surface area contributed by atoms with Crippen molar-refractivity contribution in [3.63, 3.8) is 0 Å². The van der Waals surface area contributed by atoms with Crippen LogP contribution in [0.3, 0.4) is 0 Å². The molecule has 18 nitrogen and oxygen atoms in total. The summed E-state index contributed by atoms with van der Waals surface area (Å²) in [7, 11) is 4.58. The van der Waals surface area contributed by atoms with Gasteiger partial charge in [-0.2, -0.15) is 0 Å². The number of hydrogen-bond donors (Lipinski definition) is 4. The first kappa shape index (κ1) is 49.3. The molecule has 2 atom stereocenters. The summed E-state index contributed by atoms with van der Waals surface area (Å²) >= 11 is 0. The number of carbonyl (C=O) groups excluding carboxylic acids is 5. The zero-order chi connectivity index (χ0) is 48.3. The number of piperazine rings is 1. The van der Waals surface area contributed by atoms with Crippen LogP contribution in [-0.4, -0.2) is 159 Å². The van der Waals surface area contributed by atoms with Crippen LogP contribution in [0, 0.1) is 5.92 Å². The molecule has 6 amide bonds. The lowest BCUT2D eigenvalue weighted by Gasteiger charge is -2.39. The quantitative estimate of drug-likeness (QED) is 0.0936. The molecule has 1 aromatic heterocycles. The van der Waals surface area contributed by atoms with Gasteiger partial charge < -0.3 is 54.4 Å². The van der Waals surface area contributed by atoms with Gasteiger partial charge >= 0.3 is 12.2 Å². The Kier molecular flexibility index (Phi) is 16.6. The number of fused-ring (bicyclic) bond motifs is 4. The minimum absolute atomic E-state index is 0.0264. The molecule has 2 aliphatic carbocycles. The summed E-state index contributed by atoms with van der Waals surface area (Å²) in [6.07, 6.45) is 2.68. The van der Waals surface area contributed by atoms with Gasteiger partial charge in [0, 0.05) is 70.7 Å². The summed E-state index contributed by atoms with van der Waals surface area (Å²) in [4.78, 5) is 83.9. The third kappa shape index (κ3) is 11.2. The third-order valence-electron chi connectivity index (χ3n) is 13.4. The van der Waals surface area contributed by atoms with Gasteiger partial charge in [0.1, 0.15) is 30.1 Å². The number of amides is 6. The van der Waals surface area contributed by atoms with Crippen molar-refractivity contribution < 1.29 is 52.8 Å². The molecule has 3 aliphatic rings. The summed E-state index contributed by atoms with van der Waals surface area (Å²) < 4.78 is 24.1. The Morgan fingerprint density at radius 3 is 2.01 bits per heavy atom. The molecule has 2 fully saturated rings. The fourth-order valence-electron chi connectivity index (χ4n) is 9.49. The van der Waals surface area contributed by atoms with E-state index in [9.17, 15) is 33.9 Å². The van der Waals surface area contributed by atoms with E-state index in [0.717, 1.165) is 59.3 Å². The number of likely N-dealkylation sites (N-methyl/N-ethyl adjacent to an activating group) is 1. The van der Waals surface area contributed by atoms with E-state index in [1.807, 2.05) is 24.3 Å². The number of benzene rings is 3. The maximum absolute atomic E-state index is 14.4. The second-order valence-electron chi connectivity index (χ2n) is 17.5. The number of aromatic nitrogens is 1. The van der Waals surface area contributed by atoms with Gasteiger partial charge in [-0.1, -0.05) is 67.8 Å². The second-order valence-corrected chi connectivity index (χ2v) is 17.5. The van der Waals surface area contributed by atoms with Crippen molar-refractivity contribution >= 4 is 46.7 Å². The SMILES string of the molecule is COc1ccc2c(C(=O)NCCOCCOCCNC(=O)OCC3c4ccccc4-c4ccccc43)c(C(=O)N3CCN(C(=O)[C@@H](NC(=O)[C@H](C)N(C)C(=O)O)C4CCCCC4)CC3)n(C)c2c1. The number of nitrogens with zero attached hydrogens (tertiary/aromatic N) is 4. The first-order valence-electron chi connectivity index (χ1n) is 23.4. The van der Waals surface area contributed by atoms with Crippen LogP contribution in [0.2, 0.25) is 0 Å². The van der Waals surface area contributed by atoms with Crippen LogP contribution in [-0.2, 0) is 30.8 Å². The van der Waals surface area contributed by atoms with E-state index >= 15 is 0 Å². The van der Waals surface area contributed by atoms with Crippen LogP contribution in [0.5, 0.6) is 5.75 Å². The molecule has 364 valence electrons. The fourth-order valence-corrected chi connectivity index (χ4v) is 9.49. The molecule has 0 bridgehead atoms. The van der Waals surface area contributed by atoms with E-state index < -0.39 is 36.1 Å². The molecule has 0 radical (unpaired) electrons. The highest BCUT2D eigenvalue weighted by Crippen LogP contribution is 2.44. The number of rotatable bonds is 19. The van der Waals surface area contributed by atoms with E-state index in [0.29, 0.717) is 16.7 Å². The fraction of sp³-hybridized carbons (Fsp3) is 0.480. The highest BCUT2D eigenvalue weighted by atomic mass is 16.6. The van der Waals surface area contributed by atoms with Crippen molar-refractivity contribution in [1.82, 2.24) is 35.2 Å². The first-order valence-corrected chi connectivity index (χ1v) is 23.4. The molecule has 68 heavy (non-hydrogen) atoms. The standard InChI is InChI=1S/C50H63N7O11/c1-32(54(2)50(63)64)45(58)53-43(33-12-6-5-7-13-33)47(60)56-22-24-57(25-23-56)48(61)44-42(39-19-18-34(65-4)30-41(39)55(44)3)46(59)51-20-26-66-28-29-67-27-21-52-49(62)68-31-40-37-16-10-8-14-35(37)36-15-9-11-17-38(36)40/h8-11,14-19,30,32-33,40,43H,5-7,12-13,20-29,31H2,1-4H3,(H,51,59)(H,52,62)(H,53,58)(H,63,64)/t32-,43-/m0/s1. The zero-order valence-corrected chi connectivity index (χ0v) is 39.3. The highest BCUT2D eigenvalue weighted by molar-refractivity contribution is 6.16. The number of alkyl carbamates (subject to hydrolysis) is 1. The Bertz CT molecular complexity index is 2420. The van der Waals surface area contributed by atoms with E-state index in [-0.39, 0.29) is 107 Å². The molecule has 4 aromatic rings. The van der Waals surface area contributed by atoms with Crippen LogP contribution >= 0.6 is 0 Å². The van der Waals surface area contributed by atoms with Gasteiger partial charge in [-0.3, -0.25) is 24.1 Å². The van der Waals surface area contributed by atoms with E-state index in [2.05, 4.69) is 40.2 Å². The molecule has 2 heterocycles. The Hall–Kier alpha value is -6.66. The van der Waals surface area contributed by atoms with Crippen molar-refractivity contribution in [3.8, 4) is 16.9 Å². The maximum atomic E-state index is 14.4. The lowest BCUT2D eigenvalue weighted by atomic mass is 9.83. The molecule has 7 rings (SSSR count). The van der Waals surface area contributed by atoms with Crippen LogP contribution in [0.1, 0.15) is 76.9 Å². The molecular weight excluding hydrogens is 875 g/mol. The maximum Gasteiger partial charge on any atom is 0.407 e. The molecule has 18 heteroatoms. The number of carboxylic acid groups (broad SMARTS) is 1. The average molecular weight is 938 g/mol. The van der Waals surface area contributed by atoms with Gasteiger partial charge in [0.2, 0.25) is 11.8 Å². The van der Waals surface area contributed by atoms with Gasteiger partial charge in [0.05, 0.1) is 44.6 Å². The topological polar surface area (TPSA) is 210 Å². The molecule has 3 aromatic carbocycles. The van der Waals surface area contributed by atoms with Crippen molar-refractivity contribution in [2.24, 2.45) is 13.0 Å². The number of carbonyl (C=O) groups is 6. The predicted octanol–water partition coefficient (Wildman–Crippen LogP) is 4.84. The summed E-state index contributed by atoms with van der Waals surface area (Å²) in [5.74, 6) is -1.18. The molecule has 1 saturated carbocycles. The lowest BCUT2D eigenvalue weighted by Crippen LogP contribution is -2.59. The Balaban J connectivity index is 0.869. The number of methoxy groups -OCH3 is 1. The van der Waals surface area contributed by atoms with Crippen molar-refractivity contribution in [3.05, 3.63) is 89.1 Å². The van der Waals surface area contributed by atoms with Gasteiger partial charge in [0.25, 0.3) is 11.8 Å². The van der Waals surface area contributed by atoms with Crippen molar-refractivity contribution in [1.29, 1.82) is 0 Å². The summed E-state index contributed by atoms with van der Waals surface area (Å²) in [6.45, 7) is 3.90. The highest BCUT2D eigenvalue weighted by Gasteiger charge is 2.38. The molecule has 1 saturated heterocycles. The third-order valence-corrected chi connectivity index (χ3v) is 13.4. The zero-order valence-electron chi connectivity index (χ0n) is 39.3. The van der Waals surface area contributed by atoms with Crippen LogP contribution in [0.25, 0.3) is 22.0 Å². The minimum atomic E-state index is -1.25. The van der Waals surface area contributed by atoms with Crippen molar-refractivity contribution in [2.75, 3.05) is 86.5 Å². The number of hydrogen-bond acceptors (Lipinski definition) is 10. The minimum Gasteiger partial charge on any atom is -0.497 e.